The summed E-state index contributed by atoms with van der Waals surface area (Å²) >= 11 is 0. The van der Waals surface area contributed by atoms with Crippen LogP contribution in [0.3, 0.4) is 0 Å². The normalized spacial score (nSPS) is 11.5. The summed E-state index contributed by atoms with van der Waals surface area (Å²) in [7, 11) is 0. The Labute approximate surface area is 168 Å². The van der Waals surface area contributed by atoms with Crippen molar-refractivity contribution in [2.45, 2.75) is 77.9 Å². The predicted molar refractivity (Wildman–Crippen MR) is 108 cm³/mol. The van der Waals surface area contributed by atoms with Crippen molar-refractivity contribution in [1.29, 1.82) is 0 Å². The van der Waals surface area contributed by atoms with Crippen LogP contribution in [-0.2, 0) is 25.7 Å². The summed E-state index contributed by atoms with van der Waals surface area (Å²) < 4.78 is 10.4. The maximum atomic E-state index is 12.5. The van der Waals surface area contributed by atoms with E-state index in [-0.39, 0.29) is 25.2 Å². The van der Waals surface area contributed by atoms with Crippen molar-refractivity contribution in [2.24, 2.45) is 0 Å². The zero-order valence-corrected chi connectivity index (χ0v) is 17.1. The monoisotopic (exact) mass is 391 g/mol. The van der Waals surface area contributed by atoms with Crippen LogP contribution in [-0.4, -0.2) is 30.5 Å². The van der Waals surface area contributed by atoms with E-state index < -0.39 is 18.1 Å². The summed E-state index contributed by atoms with van der Waals surface area (Å²) in [6.07, 6.45) is 4.85. The molecule has 1 N–H and O–H groups in total. The molecule has 0 radical (unpaired) electrons. The highest BCUT2D eigenvalue weighted by Gasteiger charge is 2.24. The molecule has 0 aliphatic carbocycles. The third-order valence-corrected chi connectivity index (χ3v) is 4.30. The van der Waals surface area contributed by atoms with Crippen LogP contribution in [0.4, 0.5) is 4.79 Å². The van der Waals surface area contributed by atoms with Gasteiger partial charge in [0, 0.05) is 12.8 Å². The van der Waals surface area contributed by atoms with Gasteiger partial charge in [0.1, 0.15) is 18.4 Å². The first-order chi connectivity index (χ1) is 13.6. The molecule has 0 aliphatic heterocycles. The molecule has 1 aromatic carbocycles. The number of unbranched alkanes of at least 4 members (excludes halogenated alkanes) is 3. The molecule has 28 heavy (non-hydrogen) atoms. The molecule has 156 valence electrons. The summed E-state index contributed by atoms with van der Waals surface area (Å²) in [5.41, 5.74) is 0.857. The van der Waals surface area contributed by atoms with Gasteiger partial charge in [-0.3, -0.25) is 4.79 Å². The van der Waals surface area contributed by atoms with E-state index in [0.717, 1.165) is 37.7 Å². The number of alkyl carbamates (subject to hydrolysis) is 1. The first-order valence-corrected chi connectivity index (χ1v) is 10.2. The zero-order valence-electron chi connectivity index (χ0n) is 17.1. The number of hydrogen-bond acceptors (Lipinski definition) is 5. The molecule has 6 nitrogen and oxygen atoms in total. The smallest absolute Gasteiger partial charge is 0.407 e. The van der Waals surface area contributed by atoms with Crippen LogP contribution in [0.5, 0.6) is 0 Å². The van der Waals surface area contributed by atoms with Gasteiger partial charge in [-0.15, -0.1) is 0 Å². The molecule has 0 spiro atoms. The summed E-state index contributed by atoms with van der Waals surface area (Å²) in [5, 5.41) is 2.55. The fourth-order valence-electron chi connectivity index (χ4n) is 2.57. The van der Waals surface area contributed by atoms with Crippen LogP contribution in [0, 0.1) is 0 Å². The number of rotatable bonds is 14. The third kappa shape index (κ3) is 10.7. The molecule has 0 saturated carbocycles. The van der Waals surface area contributed by atoms with E-state index in [1.807, 2.05) is 37.3 Å². The second kappa shape index (κ2) is 14.7. The number of benzene rings is 1. The Bertz CT molecular complexity index is 588. The lowest BCUT2D eigenvalue weighted by Crippen LogP contribution is -2.42. The zero-order chi connectivity index (χ0) is 20.6. The minimum atomic E-state index is -0.895. The Morgan fingerprint density at radius 3 is 2.32 bits per heavy atom. The summed E-state index contributed by atoms with van der Waals surface area (Å²) in [5.74, 6) is -0.465. The molecule has 0 fully saturated rings. The van der Waals surface area contributed by atoms with Gasteiger partial charge in [0.25, 0.3) is 0 Å². The Morgan fingerprint density at radius 2 is 1.64 bits per heavy atom. The number of esters is 1. The Kier molecular flexibility index (Phi) is 12.4. The van der Waals surface area contributed by atoms with Gasteiger partial charge in [-0.2, -0.15) is 0 Å². The molecule has 0 aliphatic rings. The molecule has 0 heterocycles. The number of carbonyl (C=O) groups is 3. The van der Waals surface area contributed by atoms with Crippen molar-refractivity contribution in [3.05, 3.63) is 35.9 Å². The van der Waals surface area contributed by atoms with Crippen molar-refractivity contribution in [2.75, 3.05) is 6.61 Å². The topological polar surface area (TPSA) is 81.7 Å². The average molecular weight is 392 g/mol. The Hall–Kier alpha value is -2.37. The predicted octanol–water partition coefficient (Wildman–Crippen LogP) is 4.55. The molecule has 0 saturated heterocycles. The van der Waals surface area contributed by atoms with Gasteiger partial charge >= 0.3 is 12.1 Å². The van der Waals surface area contributed by atoms with Gasteiger partial charge < -0.3 is 14.8 Å². The van der Waals surface area contributed by atoms with E-state index >= 15 is 0 Å². The van der Waals surface area contributed by atoms with Crippen molar-refractivity contribution >= 4 is 17.8 Å². The van der Waals surface area contributed by atoms with Gasteiger partial charge in [0.05, 0.1) is 6.61 Å². The number of nitrogens with one attached hydrogen (secondary N) is 1. The van der Waals surface area contributed by atoms with Crippen molar-refractivity contribution in [3.8, 4) is 0 Å². The number of amides is 1. The van der Waals surface area contributed by atoms with E-state index in [4.69, 9.17) is 9.47 Å². The molecule has 1 rings (SSSR count). The summed E-state index contributed by atoms with van der Waals surface area (Å²) in [6, 6.07) is 8.41. The van der Waals surface area contributed by atoms with E-state index in [0.29, 0.717) is 13.0 Å². The standard InChI is InChI=1S/C22H33NO5/c1-3-5-8-13-19(24)14-15-20(23-22(26)27-16-6-4-2)21(25)28-17-18-11-9-7-10-12-18/h7,9-12,20H,3-6,8,13-17H2,1-2H3,(H,23,26). The van der Waals surface area contributed by atoms with Crippen LogP contribution in [0.1, 0.15) is 70.8 Å². The van der Waals surface area contributed by atoms with Crippen LogP contribution < -0.4 is 5.32 Å². The lowest BCUT2D eigenvalue weighted by molar-refractivity contribution is -0.147. The molecular formula is C22H33NO5. The highest BCUT2D eigenvalue weighted by molar-refractivity contribution is 5.83. The van der Waals surface area contributed by atoms with Crippen LogP contribution in [0.15, 0.2) is 30.3 Å². The number of ether oxygens (including phenoxy) is 2. The number of ketones is 1. The van der Waals surface area contributed by atoms with Gasteiger partial charge in [-0.25, -0.2) is 9.59 Å². The van der Waals surface area contributed by atoms with Crippen LogP contribution in [0.2, 0.25) is 0 Å². The second-order valence-electron chi connectivity index (χ2n) is 6.81. The van der Waals surface area contributed by atoms with Crippen molar-refractivity contribution in [1.82, 2.24) is 5.32 Å². The van der Waals surface area contributed by atoms with Crippen molar-refractivity contribution in [3.63, 3.8) is 0 Å². The molecule has 0 aromatic heterocycles. The highest BCUT2D eigenvalue weighted by atomic mass is 16.6. The molecule has 6 heteroatoms. The second-order valence-corrected chi connectivity index (χ2v) is 6.81. The van der Waals surface area contributed by atoms with Crippen LogP contribution >= 0.6 is 0 Å². The number of Topliss-reactive ketones (excluding diaryl/α,β-unsaturated/α-hetero) is 1. The number of hydrogen-bond donors (Lipinski definition) is 1. The maximum Gasteiger partial charge on any atom is 0.407 e. The Balaban J connectivity index is 2.55. The third-order valence-electron chi connectivity index (χ3n) is 4.30. The molecule has 1 aromatic rings. The lowest BCUT2D eigenvalue weighted by atomic mass is 10.0. The minimum Gasteiger partial charge on any atom is -0.459 e. The van der Waals surface area contributed by atoms with Gasteiger partial charge in [0.2, 0.25) is 0 Å². The van der Waals surface area contributed by atoms with Crippen LogP contribution in [0.25, 0.3) is 0 Å². The first kappa shape index (κ1) is 23.7. The Morgan fingerprint density at radius 1 is 0.929 bits per heavy atom. The highest BCUT2D eigenvalue weighted by Crippen LogP contribution is 2.09. The SMILES string of the molecule is CCCCCC(=O)CCC(NC(=O)OCCCC)C(=O)OCc1ccccc1. The summed E-state index contributed by atoms with van der Waals surface area (Å²) in [4.78, 5) is 36.4. The molecule has 1 amide bonds. The minimum absolute atomic E-state index is 0.0930. The fraction of sp³-hybridized carbons (Fsp3) is 0.591. The lowest BCUT2D eigenvalue weighted by Gasteiger charge is -2.17. The quantitative estimate of drug-likeness (QED) is 0.371. The molecular weight excluding hydrogens is 358 g/mol. The first-order valence-electron chi connectivity index (χ1n) is 10.2. The van der Waals surface area contributed by atoms with E-state index in [2.05, 4.69) is 12.2 Å². The van der Waals surface area contributed by atoms with Crippen molar-refractivity contribution < 1.29 is 23.9 Å². The van der Waals surface area contributed by atoms with Gasteiger partial charge in [-0.1, -0.05) is 63.4 Å². The van der Waals surface area contributed by atoms with E-state index in [9.17, 15) is 14.4 Å². The van der Waals surface area contributed by atoms with Gasteiger partial charge in [-0.05, 0) is 24.8 Å². The fourth-order valence-corrected chi connectivity index (χ4v) is 2.57. The average Bonchev–Trinajstić information content (AvgIpc) is 2.70. The van der Waals surface area contributed by atoms with Gasteiger partial charge in [0.15, 0.2) is 0 Å². The molecule has 1 atom stereocenters. The summed E-state index contributed by atoms with van der Waals surface area (Å²) in [6.45, 7) is 4.49. The molecule has 1 unspecified atom stereocenters. The molecule has 0 bridgehead atoms. The number of carbonyl (C=O) groups excluding carboxylic acids is 3. The van der Waals surface area contributed by atoms with E-state index in [1.165, 1.54) is 0 Å². The maximum absolute atomic E-state index is 12.5. The largest absolute Gasteiger partial charge is 0.459 e. The van der Waals surface area contributed by atoms with E-state index in [1.54, 1.807) is 0 Å².